The number of phenols is 1. The van der Waals surface area contributed by atoms with Gasteiger partial charge in [-0.2, -0.15) is 0 Å². The fourth-order valence-corrected chi connectivity index (χ4v) is 3.58. The third kappa shape index (κ3) is 8.42. The molecule has 0 bridgehead atoms. The summed E-state index contributed by atoms with van der Waals surface area (Å²) in [6.45, 7) is 9.26. The fraction of sp³-hybridized carbons (Fsp3) is 0.500. The maximum Gasteiger partial charge on any atom is 0.408 e. The lowest BCUT2D eigenvalue weighted by Gasteiger charge is -2.25. The minimum Gasteiger partial charge on any atom is -0.508 e. The number of ether oxygens (including phenoxy) is 1. The maximum atomic E-state index is 13.1. The Morgan fingerprint density at radius 1 is 1.12 bits per heavy atom. The van der Waals surface area contributed by atoms with Crippen molar-refractivity contribution in [3.8, 4) is 5.75 Å². The van der Waals surface area contributed by atoms with Crippen LogP contribution in [0.2, 0.25) is 0 Å². The van der Waals surface area contributed by atoms with Gasteiger partial charge in [0.05, 0.1) is 6.33 Å². The molecule has 0 spiro atoms. The Morgan fingerprint density at radius 3 is 2.29 bits per heavy atom. The molecular weight excluding hydrogens is 440 g/mol. The normalized spacial score (nSPS) is 13.1. The number of alkyl carbamates (subject to hydrolysis) is 1. The summed E-state index contributed by atoms with van der Waals surface area (Å²) < 4.78 is 7.12. The van der Waals surface area contributed by atoms with E-state index < -0.39 is 35.7 Å². The van der Waals surface area contributed by atoms with Crippen molar-refractivity contribution >= 4 is 18.0 Å². The summed E-state index contributed by atoms with van der Waals surface area (Å²) in [4.78, 5) is 41.3. The number of hydrogen-bond acceptors (Lipinski definition) is 6. The summed E-state index contributed by atoms with van der Waals surface area (Å²) in [6, 6.07) is 0.940. The third-order valence-electron chi connectivity index (χ3n) is 5.18. The van der Waals surface area contributed by atoms with Crippen LogP contribution in [0.15, 0.2) is 30.9 Å². The zero-order valence-electron chi connectivity index (χ0n) is 20.3. The Hall–Kier alpha value is -3.56. The highest BCUT2D eigenvalue weighted by Crippen LogP contribution is 2.22. The average Bonchev–Trinajstić information content (AvgIpc) is 3.20. The summed E-state index contributed by atoms with van der Waals surface area (Å²) in [6.07, 6.45) is 5.08. The van der Waals surface area contributed by atoms with Crippen molar-refractivity contribution in [2.45, 2.75) is 78.1 Å². The van der Waals surface area contributed by atoms with Crippen LogP contribution in [0.4, 0.5) is 4.79 Å². The van der Waals surface area contributed by atoms with E-state index in [2.05, 4.69) is 15.6 Å². The van der Waals surface area contributed by atoms with Gasteiger partial charge < -0.3 is 30.2 Å². The number of hydrogen-bond donors (Lipinski definition) is 4. The molecule has 186 valence electrons. The van der Waals surface area contributed by atoms with Crippen LogP contribution < -0.4 is 10.6 Å². The zero-order chi connectivity index (χ0) is 25.5. The van der Waals surface area contributed by atoms with Gasteiger partial charge in [-0.25, -0.2) is 14.6 Å². The molecular formula is C24H34N4O6. The number of aliphatic carboxylic acids is 1. The first-order chi connectivity index (χ1) is 15.9. The monoisotopic (exact) mass is 474 g/mol. The van der Waals surface area contributed by atoms with Gasteiger partial charge in [-0.1, -0.05) is 0 Å². The number of carboxylic acids is 1. The number of carbonyl (C=O) groups is 3. The average molecular weight is 475 g/mol. The molecule has 10 nitrogen and oxygen atoms in total. The first kappa shape index (κ1) is 26.7. The fourth-order valence-electron chi connectivity index (χ4n) is 3.58. The number of amides is 2. The Labute approximate surface area is 199 Å². The van der Waals surface area contributed by atoms with Gasteiger partial charge in [0.25, 0.3) is 0 Å². The molecule has 1 aromatic heterocycles. The highest BCUT2D eigenvalue weighted by atomic mass is 16.6. The Morgan fingerprint density at radius 2 is 1.76 bits per heavy atom. The first-order valence-corrected chi connectivity index (χ1v) is 11.1. The van der Waals surface area contributed by atoms with Gasteiger partial charge in [0.2, 0.25) is 5.91 Å². The molecule has 2 rings (SSSR count). The Kier molecular flexibility index (Phi) is 9.05. The van der Waals surface area contributed by atoms with E-state index in [-0.39, 0.29) is 18.6 Å². The van der Waals surface area contributed by atoms with Crippen LogP contribution >= 0.6 is 0 Å². The largest absolute Gasteiger partial charge is 0.508 e. The molecule has 2 atom stereocenters. The molecule has 4 N–H and O–H groups in total. The standard InChI is InChI=1S/C24H34N4O6/c1-15-11-17(29)12-16(2)18(15)13-20(27-23(33)34-24(3,4)5)21(30)26-19(22(31)32)7-6-9-28-10-8-25-14-28/h8,10-12,14,19-20,29H,6-7,9,13H2,1-5H3,(H,26,30)(H,27,33)(H,31,32)/t19-,20?/m1/s1. The third-order valence-corrected chi connectivity index (χ3v) is 5.18. The van der Waals surface area contributed by atoms with Gasteiger partial charge in [0.15, 0.2) is 0 Å². The molecule has 0 radical (unpaired) electrons. The van der Waals surface area contributed by atoms with E-state index in [1.54, 1.807) is 65.5 Å². The van der Waals surface area contributed by atoms with Crippen molar-refractivity contribution in [3.63, 3.8) is 0 Å². The maximum absolute atomic E-state index is 13.1. The molecule has 0 saturated carbocycles. The zero-order valence-corrected chi connectivity index (χ0v) is 20.3. The Bertz CT molecular complexity index is 974. The number of aryl methyl sites for hydroxylation is 3. The molecule has 1 heterocycles. The smallest absolute Gasteiger partial charge is 0.408 e. The van der Waals surface area contributed by atoms with Gasteiger partial charge in [0, 0.05) is 25.4 Å². The van der Waals surface area contributed by atoms with Crippen molar-refractivity contribution in [2.75, 3.05) is 0 Å². The SMILES string of the molecule is Cc1cc(O)cc(C)c1CC(NC(=O)OC(C)(C)C)C(=O)N[C@H](CCCn1ccnc1)C(=O)O. The van der Waals surface area contributed by atoms with Crippen LogP contribution in [0.5, 0.6) is 5.75 Å². The van der Waals surface area contributed by atoms with E-state index >= 15 is 0 Å². The molecule has 1 aromatic carbocycles. The van der Waals surface area contributed by atoms with Crippen LogP contribution in [0, 0.1) is 13.8 Å². The van der Waals surface area contributed by atoms with E-state index in [0.29, 0.717) is 13.0 Å². The number of benzene rings is 1. The quantitative estimate of drug-likeness (QED) is 0.415. The van der Waals surface area contributed by atoms with Crippen molar-refractivity contribution in [1.29, 1.82) is 0 Å². The van der Waals surface area contributed by atoms with Crippen molar-refractivity contribution in [1.82, 2.24) is 20.2 Å². The summed E-state index contributed by atoms with van der Waals surface area (Å²) in [5, 5.41) is 24.6. The second-order valence-corrected chi connectivity index (χ2v) is 9.30. The van der Waals surface area contributed by atoms with E-state index in [1.807, 2.05) is 4.57 Å². The molecule has 10 heteroatoms. The predicted molar refractivity (Wildman–Crippen MR) is 125 cm³/mol. The number of phenolic OH excluding ortho intramolecular Hbond substituents is 1. The number of carbonyl (C=O) groups excluding carboxylic acids is 2. The van der Waals surface area contributed by atoms with Crippen LogP contribution in [0.3, 0.4) is 0 Å². The van der Waals surface area contributed by atoms with Crippen LogP contribution in [0.25, 0.3) is 0 Å². The van der Waals surface area contributed by atoms with E-state index in [0.717, 1.165) is 16.7 Å². The van der Waals surface area contributed by atoms with Gasteiger partial charge >= 0.3 is 12.1 Å². The van der Waals surface area contributed by atoms with Crippen molar-refractivity contribution in [2.24, 2.45) is 0 Å². The van der Waals surface area contributed by atoms with E-state index in [1.165, 1.54) is 0 Å². The number of imidazole rings is 1. The van der Waals surface area contributed by atoms with Gasteiger partial charge in [-0.15, -0.1) is 0 Å². The molecule has 0 saturated heterocycles. The van der Waals surface area contributed by atoms with Gasteiger partial charge in [-0.05, 0) is 76.3 Å². The molecule has 34 heavy (non-hydrogen) atoms. The number of carboxylic acid groups (broad SMARTS) is 1. The lowest BCUT2D eigenvalue weighted by molar-refractivity contribution is -0.142. The molecule has 0 aliphatic rings. The predicted octanol–water partition coefficient (Wildman–Crippen LogP) is 2.69. The van der Waals surface area contributed by atoms with Crippen LogP contribution in [-0.2, 0) is 27.3 Å². The topological polar surface area (TPSA) is 143 Å². The summed E-state index contributed by atoms with van der Waals surface area (Å²) in [5.74, 6) is -1.69. The molecule has 2 amide bonds. The minimum atomic E-state index is -1.16. The summed E-state index contributed by atoms with van der Waals surface area (Å²) in [5.41, 5.74) is 1.49. The number of aromatic nitrogens is 2. The number of rotatable bonds is 10. The van der Waals surface area contributed by atoms with Gasteiger partial charge in [-0.3, -0.25) is 4.79 Å². The second kappa shape index (κ2) is 11.5. The Balaban J connectivity index is 2.17. The first-order valence-electron chi connectivity index (χ1n) is 11.1. The number of nitrogens with one attached hydrogen (secondary N) is 2. The second-order valence-electron chi connectivity index (χ2n) is 9.30. The highest BCUT2D eigenvalue weighted by Gasteiger charge is 2.29. The number of nitrogens with zero attached hydrogens (tertiary/aromatic N) is 2. The van der Waals surface area contributed by atoms with Gasteiger partial charge in [0.1, 0.15) is 23.4 Å². The molecule has 2 aromatic rings. The number of aromatic hydroxyl groups is 1. The van der Waals surface area contributed by atoms with Crippen LogP contribution in [-0.4, -0.2) is 55.4 Å². The van der Waals surface area contributed by atoms with E-state index in [9.17, 15) is 24.6 Å². The molecule has 0 aliphatic heterocycles. The summed E-state index contributed by atoms with van der Waals surface area (Å²) >= 11 is 0. The minimum absolute atomic E-state index is 0.101. The molecule has 0 aliphatic carbocycles. The van der Waals surface area contributed by atoms with Crippen LogP contribution in [0.1, 0.15) is 50.3 Å². The van der Waals surface area contributed by atoms with E-state index in [4.69, 9.17) is 4.74 Å². The molecule has 0 fully saturated rings. The lowest BCUT2D eigenvalue weighted by atomic mass is 9.95. The summed E-state index contributed by atoms with van der Waals surface area (Å²) in [7, 11) is 0. The highest BCUT2D eigenvalue weighted by molar-refractivity contribution is 5.89. The molecule has 1 unspecified atom stereocenters. The van der Waals surface area contributed by atoms with Crippen molar-refractivity contribution in [3.05, 3.63) is 47.5 Å². The lowest BCUT2D eigenvalue weighted by Crippen LogP contribution is -2.53. The van der Waals surface area contributed by atoms with Crippen molar-refractivity contribution < 1.29 is 29.3 Å².